The van der Waals surface area contributed by atoms with Gasteiger partial charge in [0, 0.05) is 16.2 Å². The van der Waals surface area contributed by atoms with Gasteiger partial charge in [-0.1, -0.05) is 103 Å². The Morgan fingerprint density at radius 3 is 1.24 bits per heavy atom. The molecule has 3 aromatic carbocycles. The number of Topliss-reactive ketones (excluding diaryl/α,β-unsaturated/α-hetero) is 1. The first-order valence-corrected chi connectivity index (χ1v) is 14.0. The molecule has 1 nitrogen and oxygen atoms in total. The van der Waals surface area contributed by atoms with Gasteiger partial charge in [0.2, 0.25) is 0 Å². The monoisotopic (exact) mass is 459 g/mol. The van der Waals surface area contributed by atoms with Gasteiger partial charge in [0.1, 0.15) is 29.0 Å². The third kappa shape index (κ3) is 5.64. The van der Waals surface area contributed by atoms with Crippen molar-refractivity contribution in [1.29, 1.82) is 0 Å². The summed E-state index contributed by atoms with van der Waals surface area (Å²) in [6.45, 7) is 15.1. The summed E-state index contributed by atoms with van der Waals surface area (Å²) < 4.78 is 0. The van der Waals surface area contributed by atoms with Gasteiger partial charge in [-0.25, -0.2) is 0 Å². The molecule has 174 valence electrons. The third-order valence-corrected chi connectivity index (χ3v) is 11.3. The maximum absolute atomic E-state index is 13.3. The van der Waals surface area contributed by atoms with Crippen LogP contribution >= 0.6 is 7.26 Å². The summed E-state index contributed by atoms with van der Waals surface area (Å²) in [5.41, 5.74) is -0.773. The molecule has 0 unspecified atom stereocenters. The molecule has 0 spiro atoms. The molecule has 0 amide bonds. The topological polar surface area (TPSA) is 17.1 Å². The van der Waals surface area contributed by atoms with E-state index in [1.165, 1.54) is 15.9 Å². The summed E-state index contributed by atoms with van der Waals surface area (Å²) in [5.74, 6) is 0.339. The summed E-state index contributed by atoms with van der Waals surface area (Å²) in [6.07, 6.45) is 1.86. The highest BCUT2D eigenvalue weighted by atomic mass is 31.2. The lowest BCUT2D eigenvalue weighted by molar-refractivity contribution is -0.136. The fourth-order valence-corrected chi connectivity index (χ4v) is 10.6. The first kappa shape index (κ1) is 25.4. The Balaban J connectivity index is 2.17. The summed E-state index contributed by atoms with van der Waals surface area (Å²) in [6, 6.07) is 33.1. The lowest BCUT2D eigenvalue weighted by atomic mass is 9.67. The largest absolute Gasteiger partial charge is 0.299 e. The van der Waals surface area contributed by atoms with Crippen molar-refractivity contribution in [2.75, 3.05) is 6.16 Å². The normalized spacial score (nSPS) is 13.1. The molecule has 0 aliphatic carbocycles. The molecule has 0 bridgehead atoms. The van der Waals surface area contributed by atoms with Crippen molar-refractivity contribution in [1.82, 2.24) is 0 Å². The maximum Gasteiger partial charge on any atom is 0.143 e. The van der Waals surface area contributed by atoms with E-state index in [0.717, 1.165) is 12.6 Å². The molecule has 0 aliphatic rings. The van der Waals surface area contributed by atoms with E-state index in [1.807, 2.05) is 20.8 Å². The minimum absolute atomic E-state index is 0.0420. The molecular formula is C31H40OP+. The molecule has 0 heterocycles. The quantitative estimate of drug-likeness (QED) is 0.330. The fourth-order valence-electron chi connectivity index (χ4n) is 5.76. The zero-order valence-corrected chi connectivity index (χ0v) is 22.3. The molecule has 0 saturated heterocycles. The molecule has 0 fully saturated rings. The molecule has 33 heavy (non-hydrogen) atoms. The minimum Gasteiger partial charge on any atom is -0.299 e. The Labute approximate surface area is 202 Å². The van der Waals surface area contributed by atoms with E-state index >= 15 is 0 Å². The molecule has 3 aromatic rings. The standard InChI is InChI=1S/C31H40OP/c1-29(2,3)28(32)31(6,7)23-30(4,5)24-33(25-17-11-8-12-18-25,26-19-13-9-14-20-26)27-21-15-10-16-22-27/h8-22H,23-24H2,1-7H3/q+1. The van der Waals surface area contributed by atoms with Crippen molar-refractivity contribution >= 4 is 29.0 Å². The number of rotatable bonds is 8. The van der Waals surface area contributed by atoms with E-state index in [0.29, 0.717) is 5.78 Å². The Morgan fingerprint density at radius 1 is 0.606 bits per heavy atom. The molecule has 0 N–H and O–H groups in total. The van der Waals surface area contributed by atoms with Crippen molar-refractivity contribution in [3.63, 3.8) is 0 Å². The fraction of sp³-hybridized carbons (Fsp3) is 0.387. The molecular weight excluding hydrogens is 419 g/mol. The van der Waals surface area contributed by atoms with Crippen molar-refractivity contribution in [2.45, 2.75) is 54.9 Å². The van der Waals surface area contributed by atoms with Crippen molar-refractivity contribution in [3.05, 3.63) is 91.0 Å². The van der Waals surface area contributed by atoms with E-state index in [2.05, 4.69) is 119 Å². The Hall–Kier alpha value is -2.24. The molecule has 2 heteroatoms. The number of benzene rings is 3. The first-order chi connectivity index (χ1) is 15.4. The maximum atomic E-state index is 13.3. The Bertz CT molecular complexity index is 948. The van der Waals surface area contributed by atoms with Crippen molar-refractivity contribution < 1.29 is 4.79 Å². The van der Waals surface area contributed by atoms with Gasteiger partial charge < -0.3 is 0 Å². The van der Waals surface area contributed by atoms with Gasteiger partial charge in [-0.15, -0.1) is 0 Å². The first-order valence-electron chi connectivity index (χ1n) is 12.0. The van der Waals surface area contributed by atoms with Crippen LogP contribution in [0.1, 0.15) is 54.9 Å². The minimum atomic E-state index is -1.94. The second-order valence-electron chi connectivity index (χ2n) is 11.8. The van der Waals surface area contributed by atoms with Crippen molar-refractivity contribution in [3.8, 4) is 0 Å². The summed E-state index contributed by atoms with van der Waals surface area (Å²) in [7, 11) is -1.94. The highest BCUT2D eigenvalue weighted by molar-refractivity contribution is 7.95. The number of ketones is 1. The van der Waals surface area contributed by atoms with Crippen LogP contribution in [0.25, 0.3) is 0 Å². The van der Waals surface area contributed by atoms with Gasteiger partial charge in [-0.05, 0) is 42.8 Å². The van der Waals surface area contributed by atoms with Gasteiger partial charge in [0.25, 0.3) is 0 Å². The van der Waals surface area contributed by atoms with Gasteiger partial charge in [-0.2, -0.15) is 0 Å². The van der Waals surface area contributed by atoms with Gasteiger partial charge in [0.15, 0.2) is 0 Å². The van der Waals surface area contributed by atoms with E-state index < -0.39 is 7.26 Å². The zero-order chi connectivity index (χ0) is 24.3. The van der Waals surface area contributed by atoms with Crippen LogP contribution in [0.15, 0.2) is 91.0 Å². The van der Waals surface area contributed by atoms with E-state index in [1.54, 1.807) is 0 Å². The average Bonchev–Trinajstić information content (AvgIpc) is 2.77. The van der Waals surface area contributed by atoms with Crippen LogP contribution in [0, 0.1) is 16.2 Å². The summed E-state index contributed by atoms with van der Waals surface area (Å²) in [5, 5.41) is 4.20. The smallest absolute Gasteiger partial charge is 0.143 e. The molecule has 0 radical (unpaired) electrons. The number of carbonyl (C=O) groups is 1. The molecule has 0 aromatic heterocycles. The van der Waals surface area contributed by atoms with Gasteiger partial charge >= 0.3 is 0 Å². The predicted molar refractivity (Wildman–Crippen MR) is 147 cm³/mol. The molecule has 0 saturated carbocycles. The van der Waals surface area contributed by atoms with E-state index in [4.69, 9.17) is 0 Å². The van der Waals surface area contributed by atoms with Gasteiger partial charge in [0.05, 0.1) is 6.16 Å². The lowest BCUT2D eigenvalue weighted by Gasteiger charge is -2.40. The van der Waals surface area contributed by atoms with Crippen LogP contribution in [0.4, 0.5) is 0 Å². The van der Waals surface area contributed by atoms with E-state index in [-0.39, 0.29) is 16.2 Å². The number of hydrogen-bond acceptors (Lipinski definition) is 1. The van der Waals surface area contributed by atoms with Crippen LogP contribution in [-0.2, 0) is 4.79 Å². The average molecular weight is 460 g/mol. The van der Waals surface area contributed by atoms with Crippen LogP contribution in [0.3, 0.4) is 0 Å². The Morgan fingerprint density at radius 2 is 0.939 bits per heavy atom. The Kier molecular flexibility index (Phi) is 7.35. The van der Waals surface area contributed by atoms with Crippen LogP contribution in [0.5, 0.6) is 0 Å². The van der Waals surface area contributed by atoms with Gasteiger partial charge in [-0.3, -0.25) is 4.79 Å². The second-order valence-corrected chi connectivity index (χ2v) is 15.3. The highest BCUT2D eigenvalue weighted by Crippen LogP contribution is 2.60. The number of hydrogen-bond donors (Lipinski definition) is 0. The SMILES string of the molecule is CC(C)(CC(C)(C)C(=O)C(C)(C)C)C[P+](c1ccccc1)(c1ccccc1)c1ccccc1. The van der Waals surface area contributed by atoms with Crippen LogP contribution in [0.2, 0.25) is 0 Å². The van der Waals surface area contributed by atoms with Crippen LogP contribution < -0.4 is 15.9 Å². The molecule has 3 rings (SSSR count). The van der Waals surface area contributed by atoms with Crippen molar-refractivity contribution in [2.24, 2.45) is 16.2 Å². The molecule has 0 atom stereocenters. The molecule has 0 aliphatic heterocycles. The lowest BCUT2D eigenvalue weighted by Crippen LogP contribution is -2.42. The summed E-state index contributed by atoms with van der Waals surface area (Å²) in [4.78, 5) is 13.3. The number of carbonyl (C=O) groups excluding carboxylic acids is 1. The summed E-state index contributed by atoms with van der Waals surface area (Å²) >= 11 is 0. The second kappa shape index (κ2) is 9.55. The van der Waals surface area contributed by atoms with E-state index in [9.17, 15) is 4.79 Å². The van der Waals surface area contributed by atoms with Crippen LogP contribution in [-0.4, -0.2) is 11.9 Å². The zero-order valence-electron chi connectivity index (χ0n) is 21.4. The third-order valence-electron chi connectivity index (χ3n) is 6.47. The predicted octanol–water partition coefficient (Wildman–Crippen LogP) is 7.04. The highest BCUT2D eigenvalue weighted by Gasteiger charge is 2.51.